The van der Waals surface area contributed by atoms with Crippen LogP contribution >= 0.6 is 11.3 Å². The van der Waals surface area contributed by atoms with Crippen molar-refractivity contribution in [3.05, 3.63) is 92.7 Å². The number of nitrogens with one attached hydrogen (secondary N) is 1. The number of H-pyrrole nitrogens is 1. The number of thiazole rings is 1. The summed E-state index contributed by atoms with van der Waals surface area (Å²) in [5, 5.41) is 5.66. The summed E-state index contributed by atoms with van der Waals surface area (Å²) in [6.07, 6.45) is 0.673. The molecule has 0 radical (unpaired) electrons. The minimum absolute atomic E-state index is 0.0105. The van der Waals surface area contributed by atoms with Crippen LogP contribution in [0.5, 0.6) is 0 Å². The van der Waals surface area contributed by atoms with Crippen molar-refractivity contribution in [3.63, 3.8) is 0 Å². The maximum Gasteiger partial charge on any atom is 0.276 e. The first-order chi connectivity index (χ1) is 15.4. The first kappa shape index (κ1) is 21.8. The van der Waals surface area contributed by atoms with Gasteiger partial charge in [0.15, 0.2) is 0 Å². The van der Waals surface area contributed by atoms with E-state index in [-0.39, 0.29) is 17.9 Å². The monoisotopic (exact) mass is 446 g/mol. The predicted octanol–water partition coefficient (Wildman–Crippen LogP) is 4.50. The molecule has 0 spiro atoms. The molecule has 1 N–H and O–H groups in total. The Labute approximate surface area is 191 Å². The quantitative estimate of drug-likeness (QED) is 0.454. The number of hydrogen-bond donors (Lipinski definition) is 1. The highest BCUT2D eigenvalue weighted by molar-refractivity contribution is 7.12. The SMILES string of the molecule is Cc1ccc(-c2csc(-n3[nH]c(C)c(CCC(=O)N(C)Cc4ccccc4)c3=O)n2)cc1. The van der Waals surface area contributed by atoms with E-state index in [4.69, 9.17) is 0 Å². The van der Waals surface area contributed by atoms with Gasteiger partial charge in [0.1, 0.15) is 0 Å². The number of rotatable bonds is 7. The third-order valence-corrected chi connectivity index (χ3v) is 6.33. The van der Waals surface area contributed by atoms with Crippen LogP contribution in [0.3, 0.4) is 0 Å². The van der Waals surface area contributed by atoms with Crippen molar-refractivity contribution >= 4 is 17.2 Å². The molecule has 0 atom stereocenters. The highest BCUT2D eigenvalue weighted by atomic mass is 32.1. The lowest BCUT2D eigenvalue weighted by atomic mass is 10.1. The Bertz CT molecular complexity index is 1270. The zero-order chi connectivity index (χ0) is 22.7. The average Bonchev–Trinajstić information content (AvgIpc) is 3.38. The van der Waals surface area contributed by atoms with Crippen LogP contribution in [0.1, 0.15) is 28.8 Å². The normalized spacial score (nSPS) is 11.0. The van der Waals surface area contributed by atoms with Crippen LogP contribution in [0.2, 0.25) is 0 Å². The van der Waals surface area contributed by atoms with Crippen molar-refractivity contribution in [2.45, 2.75) is 33.2 Å². The van der Waals surface area contributed by atoms with Gasteiger partial charge in [-0.2, -0.15) is 4.68 Å². The van der Waals surface area contributed by atoms with Crippen molar-refractivity contribution in [2.75, 3.05) is 7.05 Å². The van der Waals surface area contributed by atoms with Gasteiger partial charge in [0.2, 0.25) is 11.0 Å². The summed E-state index contributed by atoms with van der Waals surface area (Å²) in [6.45, 7) is 4.46. The molecule has 2 aromatic carbocycles. The van der Waals surface area contributed by atoms with E-state index >= 15 is 0 Å². The lowest BCUT2D eigenvalue weighted by molar-refractivity contribution is -0.130. The molecule has 2 aromatic heterocycles. The fraction of sp³-hybridized carbons (Fsp3) is 0.240. The minimum Gasteiger partial charge on any atom is -0.341 e. The van der Waals surface area contributed by atoms with Gasteiger partial charge in [0, 0.05) is 42.2 Å². The molecule has 4 rings (SSSR count). The maximum absolute atomic E-state index is 13.0. The summed E-state index contributed by atoms with van der Waals surface area (Å²) in [7, 11) is 1.79. The van der Waals surface area contributed by atoms with E-state index < -0.39 is 0 Å². The van der Waals surface area contributed by atoms with Gasteiger partial charge in [0.25, 0.3) is 5.56 Å². The fourth-order valence-corrected chi connectivity index (χ4v) is 4.39. The zero-order valence-corrected chi connectivity index (χ0v) is 19.3. The second-order valence-electron chi connectivity index (χ2n) is 7.97. The van der Waals surface area contributed by atoms with Gasteiger partial charge in [-0.15, -0.1) is 11.3 Å². The van der Waals surface area contributed by atoms with Crippen LogP contribution in [-0.4, -0.2) is 32.6 Å². The Morgan fingerprint density at radius 1 is 1.09 bits per heavy atom. The molecule has 0 aliphatic carbocycles. The largest absolute Gasteiger partial charge is 0.341 e. The van der Waals surface area contributed by atoms with Crippen LogP contribution in [0.4, 0.5) is 0 Å². The predicted molar refractivity (Wildman–Crippen MR) is 128 cm³/mol. The number of aromatic amines is 1. The summed E-state index contributed by atoms with van der Waals surface area (Å²) < 4.78 is 1.48. The van der Waals surface area contributed by atoms with Crippen molar-refractivity contribution in [2.24, 2.45) is 0 Å². The first-order valence-corrected chi connectivity index (χ1v) is 11.4. The van der Waals surface area contributed by atoms with E-state index in [0.717, 1.165) is 22.5 Å². The van der Waals surface area contributed by atoms with Crippen LogP contribution in [0.15, 0.2) is 64.8 Å². The molecule has 6 nitrogen and oxygen atoms in total. The number of carbonyl (C=O) groups excluding carboxylic acids is 1. The van der Waals surface area contributed by atoms with E-state index in [1.54, 1.807) is 11.9 Å². The molecular weight excluding hydrogens is 420 g/mol. The molecule has 0 bridgehead atoms. The Kier molecular flexibility index (Phi) is 6.37. The molecule has 4 aromatic rings. The number of hydrogen-bond acceptors (Lipinski definition) is 4. The van der Waals surface area contributed by atoms with Crippen molar-refractivity contribution in [1.29, 1.82) is 0 Å². The van der Waals surface area contributed by atoms with Gasteiger partial charge in [-0.25, -0.2) is 4.98 Å². The lowest BCUT2D eigenvalue weighted by Crippen LogP contribution is -2.27. The lowest BCUT2D eigenvalue weighted by Gasteiger charge is -2.17. The maximum atomic E-state index is 13.0. The second-order valence-corrected chi connectivity index (χ2v) is 8.81. The number of amides is 1. The van der Waals surface area contributed by atoms with E-state index in [9.17, 15) is 9.59 Å². The van der Waals surface area contributed by atoms with Gasteiger partial charge in [-0.05, 0) is 25.8 Å². The Balaban J connectivity index is 1.46. The number of aryl methyl sites for hydroxylation is 2. The van der Waals surface area contributed by atoms with Crippen LogP contribution in [0, 0.1) is 13.8 Å². The van der Waals surface area contributed by atoms with E-state index in [2.05, 4.69) is 10.1 Å². The molecule has 0 fully saturated rings. The van der Waals surface area contributed by atoms with Crippen molar-refractivity contribution < 1.29 is 4.79 Å². The molecule has 0 aliphatic rings. The molecule has 164 valence electrons. The molecule has 0 saturated heterocycles. The Hall–Kier alpha value is -3.45. The van der Waals surface area contributed by atoms with E-state index in [1.807, 2.05) is 73.8 Å². The number of aromatic nitrogens is 3. The van der Waals surface area contributed by atoms with Crippen molar-refractivity contribution in [1.82, 2.24) is 19.7 Å². The topological polar surface area (TPSA) is 71.0 Å². The van der Waals surface area contributed by atoms with Gasteiger partial charge < -0.3 is 4.90 Å². The number of nitrogens with zero attached hydrogens (tertiary/aromatic N) is 3. The van der Waals surface area contributed by atoms with E-state index in [1.165, 1.54) is 21.6 Å². The molecular formula is C25H26N4O2S. The number of benzene rings is 2. The zero-order valence-electron chi connectivity index (χ0n) is 18.5. The number of carbonyl (C=O) groups is 1. The first-order valence-electron chi connectivity index (χ1n) is 10.5. The smallest absolute Gasteiger partial charge is 0.276 e. The molecule has 0 aliphatic heterocycles. The molecule has 7 heteroatoms. The molecule has 1 amide bonds. The highest BCUT2D eigenvalue weighted by Crippen LogP contribution is 2.24. The Morgan fingerprint density at radius 2 is 1.81 bits per heavy atom. The molecule has 2 heterocycles. The summed E-state index contributed by atoms with van der Waals surface area (Å²) in [5.74, 6) is 0.0105. The van der Waals surface area contributed by atoms with Gasteiger partial charge in [0.05, 0.1) is 5.69 Å². The van der Waals surface area contributed by atoms with Crippen LogP contribution in [0.25, 0.3) is 16.4 Å². The third kappa shape index (κ3) is 4.73. The van der Waals surface area contributed by atoms with Gasteiger partial charge in [-0.3, -0.25) is 14.7 Å². The van der Waals surface area contributed by atoms with Crippen LogP contribution in [-0.2, 0) is 17.8 Å². The minimum atomic E-state index is -0.147. The molecule has 32 heavy (non-hydrogen) atoms. The summed E-state index contributed by atoms with van der Waals surface area (Å²) in [6, 6.07) is 18.0. The van der Waals surface area contributed by atoms with Gasteiger partial charge in [-0.1, -0.05) is 60.2 Å². The summed E-state index contributed by atoms with van der Waals surface area (Å²) in [5.41, 5.74) is 5.36. The fourth-order valence-electron chi connectivity index (χ4n) is 3.60. The highest BCUT2D eigenvalue weighted by Gasteiger charge is 2.17. The summed E-state index contributed by atoms with van der Waals surface area (Å²) in [4.78, 5) is 32.0. The summed E-state index contributed by atoms with van der Waals surface area (Å²) >= 11 is 1.41. The van der Waals surface area contributed by atoms with Crippen molar-refractivity contribution in [3.8, 4) is 16.4 Å². The third-order valence-electron chi connectivity index (χ3n) is 5.50. The van der Waals surface area contributed by atoms with Crippen LogP contribution < -0.4 is 5.56 Å². The molecule has 0 unspecified atom stereocenters. The molecule has 0 saturated carbocycles. The second kappa shape index (κ2) is 9.36. The van der Waals surface area contributed by atoms with E-state index in [0.29, 0.717) is 23.7 Å². The van der Waals surface area contributed by atoms with Gasteiger partial charge >= 0.3 is 0 Å². The Morgan fingerprint density at radius 3 is 2.53 bits per heavy atom. The standard InChI is InChI=1S/C25H26N4O2S/c1-17-9-11-20(12-10-17)22-16-32-25(26-22)29-24(31)21(18(2)27-29)13-14-23(30)28(3)15-19-7-5-4-6-8-19/h4-12,16,27H,13-15H2,1-3H3. The average molecular weight is 447 g/mol.